The normalized spacial score (nSPS) is 25.9. The highest BCUT2D eigenvalue weighted by Gasteiger charge is 2.34. The van der Waals surface area contributed by atoms with Crippen LogP contribution < -0.4 is 10.6 Å². The van der Waals surface area contributed by atoms with Gasteiger partial charge in [0.2, 0.25) is 0 Å². The van der Waals surface area contributed by atoms with Crippen LogP contribution in [0.2, 0.25) is 0 Å². The van der Waals surface area contributed by atoms with E-state index < -0.39 is 0 Å². The maximum absolute atomic E-state index is 4.19. The Morgan fingerprint density at radius 1 is 1.41 bits per heavy atom. The molecule has 4 nitrogen and oxygen atoms in total. The van der Waals surface area contributed by atoms with Crippen LogP contribution in [0, 0.1) is 5.92 Å². The predicted molar refractivity (Wildman–Crippen MR) is 72.3 cm³/mol. The molecule has 0 aromatic heterocycles. The van der Waals surface area contributed by atoms with Crippen molar-refractivity contribution in [3.63, 3.8) is 0 Å². The number of rotatable bonds is 5. The predicted octanol–water partition coefficient (Wildman–Crippen LogP) is 0.822. The van der Waals surface area contributed by atoms with Crippen molar-refractivity contribution in [1.29, 1.82) is 0 Å². The summed E-state index contributed by atoms with van der Waals surface area (Å²) in [6.45, 7) is 8.03. The SMILES string of the molecule is C=CCNC(=NC)NCC1CCN(C2CC2)C1. The lowest BCUT2D eigenvalue weighted by Gasteiger charge is -2.16. The van der Waals surface area contributed by atoms with Gasteiger partial charge in [-0.15, -0.1) is 6.58 Å². The first-order chi connectivity index (χ1) is 8.33. The number of aliphatic imine (C=N–C) groups is 1. The summed E-state index contributed by atoms with van der Waals surface area (Å²) in [7, 11) is 1.81. The Morgan fingerprint density at radius 3 is 2.88 bits per heavy atom. The van der Waals surface area contributed by atoms with E-state index in [0.29, 0.717) is 0 Å². The maximum atomic E-state index is 4.19. The number of nitrogens with zero attached hydrogens (tertiary/aromatic N) is 2. The van der Waals surface area contributed by atoms with E-state index in [-0.39, 0.29) is 0 Å². The Morgan fingerprint density at radius 2 is 2.24 bits per heavy atom. The molecule has 1 saturated heterocycles. The molecule has 1 aliphatic heterocycles. The summed E-state index contributed by atoms with van der Waals surface area (Å²) < 4.78 is 0. The fraction of sp³-hybridized carbons (Fsp3) is 0.769. The summed E-state index contributed by atoms with van der Waals surface area (Å²) in [6, 6.07) is 0.915. The third-order valence-electron chi connectivity index (χ3n) is 3.58. The second-order valence-electron chi connectivity index (χ2n) is 5.00. The summed E-state index contributed by atoms with van der Waals surface area (Å²) in [6.07, 6.45) is 6.00. The van der Waals surface area contributed by atoms with Crippen molar-refractivity contribution in [2.24, 2.45) is 10.9 Å². The monoisotopic (exact) mass is 236 g/mol. The zero-order valence-corrected chi connectivity index (χ0v) is 10.8. The first-order valence-electron chi connectivity index (χ1n) is 6.63. The average Bonchev–Trinajstić information content (AvgIpc) is 3.10. The standard InChI is InChI=1S/C13H24N4/c1-3-7-15-13(14-2)16-9-11-6-8-17(10-11)12-4-5-12/h3,11-12H,1,4-10H2,2H3,(H2,14,15,16). The van der Waals surface area contributed by atoms with Crippen LogP contribution in [-0.2, 0) is 0 Å². The smallest absolute Gasteiger partial charge is 0.191 e. The molecule has 2 N–H and O–H groups in total. The van der Waals surface area contributed by atoms with Crippen molar-refractivity contribution in [3.05, 3.63) is 12.7 Å². The van der Waals surface area contributed by atoms with Crippen LogP contribution in [0.3, 0.4) is 0 Å². The zero-order valence-electron chi connectivity index (χ0n) is 10.8. The van der Waals surface area contributed by atoms with Gasteiger partial charge in [0.1, 0.15) is 0 Å². The Balaban J connectivity index is 1.65. The van der Waals surface area contributed by atoms with Crippen LogP contribution in [0.1, 0.15) is 19.3 Å². The van der Waals surface area contributed by atoms with E-state index >= 15 is 0 Å². The van der Waals surface area contributed by atoms with E-state index in [1.54, 1.807) is 0 Å². The van der Waals surface area contributed by atoms with E-state index in [9.17, 15) is 0 Å². The van der Waals surface area contributed by atoms with Gasteiger partial charge in [0.25, 0.3) is 0 Å². The number of guanidine groups is 1. The Labute approximate surface area is 104 Å². The van der Waals surface area contributed by atoms with Gasteiger partial charge >= 0.3 is 0 Å². The molecule has 2 aliphatic rings. The molecule has 2 fully saturated rings. The molecule has 2 rings (SSSR count). The molecule has 1 saturated carbocycles. The molecular formula is C13H24N4. The van der Waals surface area contributed by atoms with Gasteiger partial charge in [-0.05, 0) is 31.7 Å². The highest BCUT2D eigenvalue weighted by molar-refractivity contribution is 5.79. The fourth-order valence-corrected chi connectivity index (χ4v) is 2.43. The summed E-state index contributed by atoms with van der Waals surface area (Å²) in [5.74, 6) is 1.66. The molecule has 0 amide bonds. The van der Waals surface area contributed by atoms with Crippen LogP contribution >= 0.6 is 0 Å². The van der Waals surface area contributed by atoms with E-state index in [0.717, 1.165) is 31.0 Å². The minimum absolute atomic E-state index is 0.762. The largest absolute Gasteiger partial charge is 0.356 e. The van der Waals surface area contributed by atoms with Gasteiger partial charge in [-0.3, -0.25) is 4.99 Å². The highest BCUT2D eigenvalue weighted by Crippen LogP contribution is 2.31. The second-order valence-corrected chi connectivity index (χ2v) is 5.00. The van der Waals surface area contributed by atoms with Crippen molar-refractivity contribution >= 4 is 5.96 Å². The average molecular weight is 236 g/mol. The molecule has 0 aromatic carbocycles. The summed E-state index contributed by atoms with van der Waals surface area (Å²) in [4.78, 5) is 6.83. The quantitative estimate of drug-likeness (QED) is 0.422. The molecule has 1 atom stereocenters. The molecular weight excluding hydrogens is 212 g/mol. The minimum atomic E-state index is 0.762. The van der Waals surface area contributed by atoms with Gasteiger partial charge < -0.3 is 15.5 Å². The number of nitrogens with one attached hydrogen (secondary N) is 2. The Bertz CT molecular complexity index is 283. The summed E-state index contributed by atoms with van der Waals surface area (Å²) in [5.41, 5.74) is 0. The lowest BCUT2D eigenvalue weighted by molar-refractivity contribution is 0.314. The van der Waals surface area contributed by atoms with Crippen LogP contribution in [0.25, 0.3) is 0 Å². The van der Waals surface area contributed by atoms with Crippen LogP contribution in [-0.4, -0.2) is 50.1 Å². The highest BCUT2D eigenvalue weighted by atomic mass is 15.2. The molecule has 96 valence electrons. The van der Waals surface area contributed by atoms with Crippen molar-refractivity contribution in [1.82, 2.24) is 15.5 Å². The minimum Gasteiger partial charge on any atom is -0.356 e. The molecule has 0 bridgehead atoms. The van der Waals surface area contributed by atoms with Gasteiger partial charge in [-0.2, -0.15) is 0 Å². The third-order valence-corrected chi connectivity index (χ3v) is 3.58. The molecule has 0 spiro atoms. The molecule has 0 aromatic rings. The van der Waals surface area contributed by atoms with E-state index in [4.69, 9.17) is 0 Å². The molecule has 17 heavy (non-hydrogen) atoms. The Hall–Kier alpha value is -1.03. The van der Waals surface area contributed by atoms with Crippen molar-refractivity contribution < 1.29 is 0 Å². The van der Waals surface area contributed by atoms with Gasteiger partial charge in [0.05, 0.1) is 0 Å². The van der Waals surface area contributed by atoms with Crippen molar-refractivity contribution in [2.75, 3.05) is 33.2 Å². The van der Waals surface area contributed by atoms with Crippen LogP contribution in [0.15, 0.2) is 17.6 Å². The van der Waals surface area contributed by atoms with Gasteiger partial charge in [0, 0.05) is 32.7 Å². The van der Waals surface area contributed by atoms with Gasteiger partial charge in [-0.1, -0.05) is 6.08 Å². The van der Waals surface area contributed by atoms with Crippen LogP contribution in [0.5, 0.6) is 0 Å². The summed E-state index contributed by atoms with van der Waals surface area (Å²) in [5, 5.41) is 6.59. The number of likely N-dealkylation sites (tertiary alicyclic amines) is 1. The topological polar surface area (TPSA) is 39.7 Å². The molecule has 0 radical (unpaired) electrons. The van der Waals surface area contributed by atoms with Crippen molar-refractivity contribution in [2.45, 2.75) is 25.3 Å². The van der Waals surface area contributed by atoms with Gasteiger partial charge in [-0.25, -0.2) is 0 Å². The second kappa shape index (κ2) is 6.05. The maximum Gasteiger partial charge on any atom is 0.191 e. The fourth-order valence-electron chi connectivity index (χ4n) is 2.43. The number of hydrogen-bond donors (Lipinski definition) is 2. The lowest BCUT2D eigenvalue weighted by Crippen LogP contribution is -2.40. The van der Waals surface area contributed by atoms with Gasteiger partial charge in [0.15, 0.2) is 5.96 Å². The molecule has 1 heterocycles. The van der Waals surface area contributed by atoms with Crippen LogP contribution in [0.4, 0.5) is 0 Å². The number of hydrogen-bond acceptors (Lipinski definition) is 2. The molecule has 4 heteroatoms. The molecule has 1 aliphatic carbocycles. The Kier molecular flexibility index (Phi) is 4.42. The van der Waals surface area contributed by atoms with E-state index in [1.165, 1.54) is 32.4 Å². The van der Waals surface area contributed by atoms with Crippen molar-refractivity contribution in [3.8, 4) is 0 Å². The van der Waals surface area contributed by atoms with E-state index in [1.807, 2.05) is 13.1 Å². The van der Waals surface area contributed by atoms with E-state index in [2.05, 4.69) is 27.1 Å². The summed E-state index contributed by atoms with van der Waals surface area (Å²) >= 11 is 0. The third kappa shape index (κ3) is 3.73. The lowest BCUT2D eigenvalue weighted by atomic mass is 10.1. The molecule has 1 unspecified atom stereocenters. The first kappa shape index (κ1) is 12.4. The zero-order chi connectivity index (χ0) is 12.1. The first-order valence-corrected chi connectivity index (χ1v) is 6.63.